The predicted molar refractivity (Wildman–Crippen MR) is 76.3 cm³/mol. The number of aromatic nitrogens is 4. The average molecular weight is 352 g/mol. The largest absolute Gasteiger partial charge is 0.453 e. The molecule has 0 saturated heterocycles. The van der Waals surface area contributed by atoms with Crippen LogP contribution < -0.4 is 10.0 Å². The van der Waals surface area contributed by atoms with E-state index in [4.69, 9.17) is 0 Å². The van der Waals surface area contributed by atoms with Crippen LogP contribution in [0, 0.1) is 0 Å². The molecule has 12 heteroatoms. The second-order valence-electron chi connectivity index (χ2n) is 5.62. The molecule has 23 heavy (non-hydrogen) atoms. The number of hydrogen-bond acceptors (Lipinski definition) is 6. The number of rotatable bonds is 5. The van der Waals surface area contributed by atoms with Crippen molar-refractivity contribution in [3.05, 3.63) is 18.0 Å². The maximum absolute atomic E-state index is 12.8. The summed E-state index contributed by atoms with van der Waals surface area (Å²) >= 11 is 0. The zero-order chi connectivity index (χ0) is 17.5. The number of nitrogens with zero attached hydrogens (tertiary/aromatic N) is 4. The first kappa shape index (κ1) is 17.4. The fraction of sp³-hybridized carbons (Fsp3) is 0.545. The predicted octanol–water partition coefficient (Wildman–Crippen LogP) is 0.883. The fourth-order valence-corrected chi connectivity index (χ4v) is 2.99. The summed E-state index contributed by atoms with van der Waals surface area (Å²) in [6.45, 7) is 3.36. The van der Waals surface area contributed by atoms with Crippen molar-refractivity contribution in [2.24, 2.45) is 0 Å². The zero-order valence-electron chi connectivity index (χ0n) is 12.5. The van der Waals surface area contributed by atoms with Crippen LogP contribution >= 0.6 is 0 Å². The Hall–Kier alpha value is -1.95. The highest BCUT2D eigenvalue weighted by molar-refractivity contribution is 7.88. The molecule has 2 aromatic heterocycles. The summed E-state index contributed by atoms with van der Waals surface area (Å²) < 4.78 is 63.8. The molecule has 0 fully saturated rings. The van der Waals surface area contributed by atoms with Gasteiger partial charge in [-0.1, -0.05) is 0 Å². The second kappa shape index (κ2) is 5.60. The van der Waals surface area contributed by atoms with Gasteiger partial charge in [0.1, 0.15) is 5.82 Å². The van der Waals surface area contributed by atoms with Crippen molar-refractivity contribution in [1.82, 2.24) is 24.5 Å². The quantitative estimate of drug-likeness (QED) is 0.828. The summed E-state index contributed by atoms with van der Waals surface area (Å²) in [5.41, 5.74) is -0.902. The molecule has 0 spiro atoms. The molecular formula is C11H15F3N6O2S. The SMILES string of the molecule is CC(C)(CNc1ccc2nnc(C(F)(F)F)n2n1)NS(C)(=O)=O. The zero-order valence-corrected chi connectivity index (χ0v) is 13.3. The van der Waals surface area contributed by atoms with Gasteiger partial charge in [0, 0.05) is 12.1 Å². The molecule has 0 aliphatic rings. The van der Waals surface area contributed by atoms with Gasteiger partial charge in [0.05, 0.1) is 6.26 Å². The standard InChI is InChI=1S/C11H15F3N6O2S/c1-10(2,19-23(3,21)22)6-15-7-4-5-8-16-17-9(11(12,13)14)20(8)18-7/h4-5,19H,6H2,1-3H3,(H,15,18). The number of anilines is 1. The van der Waals surface area contributed by atoms with Crippen LogP contribution in [0.5, 0.6) is 0 Å². The number of fused-ring (bicyclic) bond motifs is 1. The topological polar surface area (TPSA) is 101 Å². The maximum Gasteiger partial charge on any atom is 0.453 e. The minimum atomic E-state index is -4.68. The van der Waals surface area contributed by atoms with Crippen molar-refractivity contribution in [3.63, 3.8) is 0 Å². The van der Waals surface area contributed by atoms with Crippen LogP contribution in [0.2, 0.25) is 0 Å². The average Bonchev–Trinajstić information content (AvgIpc) is 2.76. The number of alkyl halides is 3. The van der Waals surface area contributed by atoms with E-state index in [-0.39, 0.29) is 18.0 Å². The van der Waals surface area contributed by atoms with Gasteiger partial charge in [0.2, 0.25) is 10.0 Å². The smallest absolute Gasteiger partial charge is 0.367 e. The van der Waals surface area contributed by atoms with Crippen molar-refractivity contribution >= 4 is 21.5 Å². The minimum absolute atomic E-state index is 0.0450. The molecule has 0 aliphatic heterocycles. The molecular weight excluding hydrogens is 337 g/mol. The first-order chi connectivity index (χ1) is 10.4. The van der Waals surface area contributed by atoms with Gasteiger partial charge in [0.25, 0.3) is 5.82 Å². The molecule has 2 heterocycles. The summed E-state index contributed by atoms with van der Waals surface area (Å²) in [4.78, 5) is 0. The van der Waals surface area contributed by atoms with Crippen molar-refractivity contribution < 1.29 is 21.6 Å². The van der Waals surface area contributed by atoms with Crippen molar-refractivity contribution in [2.75, 3.05) is 18.1 Å². The maximum atomic E-state index is 12.8. The number of halogens is 3. The third kappa shape index (κ3) is 4.51. The Bertz CT molecular complexity index is 815. The number of sulfonamides is 1. The van der Waals surface area contributed by atoms with Crippen LogP contribution in [0.15, 0.2) is 12.1 Å². The van der Waals surface area contributed by atoms with Gasteiger partial charge < -0.3 is 5.32 Å². The van der Waals surface area contributed by atoms with Gasteiger partial charge in [-0.3, -0.25) is 0 Å². The van der Waals surface area contributed by atoms with E-state index in [0.717, 1.165) is 6.26 Å². The van der Waals surface area contributed by atoms with E-state index in [1.165, 1.54) is 12.1 Å². The van der Waals surface area contributed by atoms with Crippen LogP contribution in [0.25, 0.3) is 5.65 Å². The van der Waals surface area contributed by atoms with Crippen molar-refractivity contribution in [2.45, 2.75) is 25.6 Å². The molecule has 2 rings (SSSR count). The van der Waals surface area contributed by atoms with E-state index in [1.807, 2.05) is 0 Å². The fourth-order valence-electron chi connectivity index (χ4n) is 1.91. The Kier molecular flexibility index (Phi) is 4.24. The van der Waals surface area contributed by atoms with Crippen molar-refractivity contribution in [3.8, 4) is 0 Å². The van der Waals surface area contributed by atoms with E-state index in [2.05, 4.69) is 25.3 Å². The van der Waals surface area contributed by atoms with E-state index in [0.29, 0.717) is 4.52 Å². The van der Waals surface area contributed by atoms with Crippen LogP contribution in [-0.2, 0) is 16.2 Å². The second-order valence-corrected chi connectivity index (χ2v) is 7.37. The summed E-state index contributed by atoms with van der Waals surface area (Å²) in [5.74, 6) is -1.10. The van der Waals surface area contributed by atoms with Gasteiger partial charge in [-0.2, -0.15) is 17.7 Å². The van der Waals surface area contributed by atoms with Crippen LogP contribution in [-0.4, -0.2) is 46.6 Å². The molecule has 0 bridgehead atoms. The Labute approximate surface area is 130 Å². The molecule has 0 radical (unpaired) electrons. The molecule has 0 aromatic carbocycles. The van der Waals surface area contributed by atoms with E-state index in [9.17, 15) is 21.6 Å². The normalized spacial score (nSPS) is 13.5. The van der Waals surface area contributed by atoms with Crippen LogP contribution in [0.3, 0.4) is 0 Å². The van der Waals surface area contributed by atoms with Gasteiger partial charge >= 0.3 is 6.18 Å². The molecule has 2 aromatic rings. The molecule has 0 unspecified atom stereocenters. The summed E-state index contributed by atoms with van der Waals surface area (Å²) in [6, 6.07) is 2.76. The Morgan fingerprint density at radius 2 is 1.87 bits per heavy atom. The molecule has 128 valence electrons. The van der Waals surface area contributed by atoms with E-state index in [1.54, 1.807) is 13.8 Å². The third-order valence-electron chi connectivity index (χ3n) is 2.69. The van der Waals surface area contributed by atoms with Crippen LogP contribution in [0.4, 0.5) is 19.0 Å². The Morgan fingerprint density at radius 1 is 1.22 bits per heavy atom. The molecule has 0 atom stereocenters. The van der Waals surface area contributed by atoms with Crippen molar-refractivity contribution in [1.29, 1.82) is 0 Å². The molecule has 2 N–H and O–H groups in total. The van der Waals surface area contributed by atoms with E-state index >= 15 is 0 Å². The molecule has 0 saturated carbocycles. The van der Waals surface area contributed by atoms with E-state index < -0.39 is 27.6 Å². The van der Waals surface area contributed by atoms with Gasteiger partial charge in [-0.25, -0.2) is 13.1 Å². The summed E-state index contributed by atoms with van der Waals surface area (Å²) in [7, 11) is -3.42. The summed E-state index contributed by atoms with van der Waals surface area (Å²) in [5, 5.41) is 13.0. The lowest BCUT2D eigenvalue weighted by Gasteiger charge is -2.25. The van der Waals surface area contributed by atoms with Gasteiger partial charge in [0.15, 0.2) is 5.65 Å². The minimum Gasteiger partial charge on any atom is -0.367 e. The first-order valence-electron chi connectivity index (χ1n) is 6.40. The van der Waals surface area contributed by atoms with Gasteiger partial charge in [-0.05, 0) is 26.0 Å². The van der Waals surface area contributed by atoms with Crippen LogP contribution in [0.1, 0.15) is 19.7 Å². The Balaban J connectivity index is 2.21. The molecule has 0 aliphatic carbocycles. The lowest BCUT2D eigenvalue weighted by Crippen LogP contribution is -2.47. The molecule has 8 nitrogen and oxygen atoms in total. The highest BCUT2D eigenvalue weighted by Gasteiger charge is 2.37. The monoisotopic (exact) mass is 352 g/mol. The Morgan fingerprint density at radius 3 is 2.43 bits per heavy atom. The highest BCUT2D eigenvalue weighted by Crippen LogP contribution is 2.27. The molecule has 0 amide bonds. The summed E-state index contributed by atoms with van der Waals surface area (Å²) in [6.07, 6.45) is -3.66. The third-order valence-corrected chi connectivity index (χ3v) is 3.61. The first-order valence-corrected chi connectivity index (χ1v) is 8.29. The number of nitrogens with one attached hydrogen (secondary N) is 2. The lowest BCUT2D eigenvalue weighted by molar-refractivity contribution is -0.146. The van der Waals surface area contributed by atoms with Gasteiger partial charge in [-0.15, -0.1) is 15.3 Å². The number of hydrogen-bond donors (Lipinski definition) is 2. The highest BCUT2D eigenvalue weighted by atomic mass is 32.2. The lowest BCUT2D eigenvalue weighted by atomic mass is 10.1.